The largest absolute Gasteiger partial charge is 0.379 e. The predicted molar refractivity (Wildman–Crippen MR) is 126 cm³/mol. The van der Waals surface area contributed by atoms with Crippen LogP contribution in [0.25, 0.3) is 0 Å². The van der Waals surface area contributed by atoms with Crippen molar-refractivity contribution in [3.05, 3.63) is 63.9 Å². The number of hydrogen-bond acceptors (Lipinski definition) is 7. The summed E-state index contributed by atoms with van der Waals surface area (Å²) >= 11 is 2.96. The molecule has 5 nitrogen and oxygen atoms in total. The summed E-state index contributed by atoms with van der Waals surface area (Å²) in [6, 6.07) is 9.22. The highest BCUT2D eigenvalue weighted by molar-refractivity contribution is 8.00. The average Bonchev–Trinajstić information content (AvgIpc) is 3.20. The molecule has 0 fully saturated rings. The maximum absolute atomic E-state index is 14.6. The summed E-state index contributed by atoms with van der Waals surface area (Å²) in [5.41, 5.74) is 5.24. The van der Waals surface area contributed by atoms with Crippen LogP contribution in [0.4, 0.5) is 15.9 Å². The number of nitrogens with one attached hydrogen (secondary N) is 2. The van der Waals surface area contributed by atoms with Gasteiger partial charge >= 0.3 is 0 Å². The van der Waals surface area contributed by atoms with Crippen LogP contribution in [-0.4, -0.2) is 27.5 Å². The molecule has 3 aromatic rings. The van der Waals surface area contributed by atoms with E-state index in [9.17, 15) is 4.39 Å². The second-order valence-corrected chi connectivity index (χ2v) is 9.66. The third-order valence-electron chi connectivity index (χ3n) is 4.98. The van der Waals surface area contributed by atoms with Crippen molar-refractivity contribution in [2.24, 2.45) is 0 Å². The lowest BCUT2D eigenvalue weighted by Gasteiger charge is -2.32. The summed E-state index contributed by atoms with van der Waals surface area (Å²) in [5.74, 6) is 0.631. The molecule has 0 aliphatic heterocycles. The zero-order chi connectivity index (χ0) is 21.7. The quantitative estimate of drug-likeness (QED) is 0.418. The third kappa shape index (κ3) is 5.93. The van der Waals surface area contributed by atoms with Crippen LogP contribution >= 0.6 is 23.3 Å². The Morgan fingerprint density at radius 2 is 2.00 bits per heavy atom. The smallest absolute Gasteiger partial charge is 0.147 e. The van der Waals surface area contributed by atoms with Crippen LogP contribution in [0.5, 0.6) is 0 Å². The van der Waals surface area contributed by atoms with Gasteiger partial charge < -0.3 is 10.0 Å². The first kappa shape index (κ1) is 22.5. The number of thiazole rings is 1. The summed E-state index contributed by atoms with van der Waals surface area (Å²) < 4.78 is 17.8. The number of aryl methyl sites for hydroxylation is 1. The van der Waals surface area contributed by atoms with E-state index in [0.29, 0.717) is 18.7 Å². The Morgan fingerprint density at radius 3 is 2.67 bits per heavy atom. The Kier molecular flexibility index (Phi) is 7.33. The molecule has 8 heteroatoms. The highest BCUT2D eigenvalue weighted by Gasteiger charge is 2.19. The van der Waals surface area contributed by atoms with Crippen molar-refractivity contribution >= 4 is 34.8 Å². The van der Waals surface area contributed by atoms with Gasteiger partial charge in [0.05, 0.1) is 16.9 Å². The maximum Gasteiger partial charge on any atom is 0.147 e. The van der Waals surface area contributed by atoms with Gasteiger partial charge in [0.2, 0.25) is 0 Å². The van der Waals surface area contributed by atoms with Gasteiger partial charge in [0.25, 0.3) is 0 Å². The first-order chi connectivity index (χ1) is 14.2. The number of halogens is 1. The maximum atomic E-state index is 14.6. The van der Waals surface area contributed by atoms with Crippen LogP contribution in [0.1, 0.15) is 37.6 Å². The molecule has 0 radical (unpaired) electrons. The molecule has 2 N–H and O–H groups in total. The van der Waals surface area contributed by atoms with Crippen molar-refractivity contribution < 1.29 is 4.39 Å². The fourth-order valence-corrected chi connectivity index (χ4v) is 3.97. The summed E-state index contributed by atoms with van der Waals surface area (Å²) in [5, 5.41) is 6.15. The summed E-state index contributed by atoms with van der Waals surface area (Å²) in [6.07, 6.45) is 0. The Bertz CT molecular complexity index is 970. The first-order valence-electron chi connectivity index (χ1n) is 9.74. The van der Waals surface area contributed by atoms with Gasteiger partial charge in [-0.3, -0.25) is 4.90 Å². The van der Waals surface area contributed by atoms with Gasteiger partial charge in [0, 0.05) is 41.5 Å². The van der Waals surface area contributed by atoms with Crippen LogP contribution in [0.2, 0.25) is 0 Å². The molecule has 30 heavy (non-hydrogen) atoms. The van der Waals surface area contributed by atoms with E-state index in [1.165, 1.54) is 18.0 Å². The molecule has 0 spiro atoms. The van der Waals surface area contributed by atoms with E-state index >= 15 is 0 Å². The lowest BCUT2D eigenvalue weighted by Crippen LogP contribution is -2.37. The molecule has 0 unspecified atom stereocenters. The van der Waals surface area contributed by atoms with Gasteiger partial charge in [-0.2, -0.15) is 0 Å². The molecule has 0 saturated carbocycles. The van der Waals surface area contributed by atoms with E-state index in [4.69, 9.17) is 0 Å². The fourth-order valence-electron chi connectivity index (χ4n) is 2.77. The lowest BCUT2D eigenvalue weighted by molar-refractivity contribution is 0.167. The van der Waals surface area contributed by atoms with E-state index in [1.54, 1.807) is 22.9 Å². The van der Waals surface area contributed by atoms with Gasteiger partial charge in [0.15, 0.2) is 0 Å². The zero-order valence-electron chi connectivity index (χ0n) is 18.0. The predicted octanol–water partition coefficient (Wildman–Crippen LogP) is 5.95. The van der Waals surface area contributed by atoms with Gasteiger partial charge in [-0.25, -0.2) is 14.4 Å². The van der Waals surface area contributed by atoms with E-state index in [-0.39, 0.29) is 11.4 Å². The molecule has 0 atom stereocenters. The third-order valence-corrected chi connectivity index (χ3v) is 6.31. The van der Waals surface area contributed by atoms with E-state index < -0.39 is 0 Å². The Labute approximate surface area is 186 Å². The van der Waals surface area contributed by atoms with Gasteiger partial charge in [-0.15, -0.1) is 11.3 Å². The highest BCUT2D eigenvalue weighted by Crippen LogP contribution is 2.24. The number of pyridine rings is 1. The van der Waals surface area contributed by atoms with Crippen molar-refractivity contribution in [2.45, 2.75) is 51.3 Å². The van der Waals surface area contributed by atoms with Crippen molar-refractivity contribution in [3.63, 3.8) is 0 Å². The van der Waals surface area contributed by atoms with Gasteiger partial charge in [0.1, 0.15) is 16.7 Å². The number of anilines is 2. The van der Waals surface area contributed by atoms with E-state index in [0.717, 1.165) is 27.8 Å². The second-order valence-electron chi connectivity index (χ2n) is 8.12. The Morgan fingerprint density at radius 1 is 1.20 bits per heavy atom. The van der Waals surface area contributed by atoms with E-state index in [2.05, 4.69) is 52.7 Å². The number of nitrogens with zero attached hydrogens (tertiary/aromatic N) is 3. The van der Waals surface area contributed by atoms with Crippen LogP contribution in [0.3, 0.4) is 0 Å². The lowest BCUT2D eigenvalue weighted by atomic mass is 10.0. The van der Waals surface area contributed by atoms with Crippen LogP contribution < -0.4 is 10.0 Å². The molecule has 3 rings (SSSR count). The van der Waals surface area contributed by atoms with Crippen molar-refractivity contribution in [1.82, 2.24) is 14.9 Å². The number of aromatic nitrogens is 2. The molecule has 2 heterocycles. The minimum absolute atomic E-state index is 0.0115. The highest BCUT2D eigenvalue weighted by atomic mass is 32.2. The molecule has 1 aromatic carbocycles. The Balaban J connectivity index is 1.68. The monoisotopic (exact) mass is 445 g/mol. The van der Waals surface area contributed by atoms with Crippen molar-refractivity contribution in [3.8, 4) is 0 Å². The normalized spacial score (nSPS) is 11.7. The molecule has 0 aliphatic carbocycles. The number of hydrogen-bond donors (Lipinski definition) is 2. The molecular weight excluding hydrogens is 417 g/mol. The molecule has 2 aromatic heterocycles. The fraction of sp³-hybridized carbons (Fsp3) is 0.364. The molecule has 160 valence electrons. The summed E-state index contributed by atoms with van der Waals surface area (Å²) in [4.78, 5) is 11.0. The van der Waals surface area contributed by atoms with Crippen LogP contribution in [0.15, 0.2) is 46.2 Å². The van der Waals surface area contributed by atoms with E-state index in [1.807, 2.05) is 30.5 Å². The molecule has 0 bridgehead atoms. The SMILES string of the molecule is Cc1nc(SNc2cscn2)ccc1NCc1c(F)cccc1CN(C)C(C)(C)C. The standard InChI is InChI=1S/C22H28FN5S2/c1-15-19(9-10-21(26-15)30-27-20-13-29-14-25-20)24-11-17-16(7-6-8-18(17)23)12-28(5)22(2,3)4/h6-10,13-14,24,27H,11-12H2,1-5H3. The molecule has 0 amide bonds. The number of rotatable bonds is 8. The van der Waals surface area contributed by atoms with Gasteiger partial charge in [-0.1, -0.05) is 12.1 Å². The zero-order valence-corrected chi connectivity index (χ0v) is 19.6. The van der Waals surface area contributed by atoms with Crippen molar-refractivity contribution in [1.29, 1.82) is 0 Å². The average molecular weight is 446 g/mol. The Hall–Kier alpha value is -2.16. The van der Waals surface area contributed by atoms with Crippen molar-refractivity contribution in [2.75, 3.05) is 17.1 Å². The summed E-state index contributed by atoms with van der Waals surface area (Å²) in [7, 11) is 2.06. The van der Waals surface area contributed by atoms with Crippen LogP contribution in [0, 0.1) is 12.7 Å². The minimum atomic E-state index is -0.187. The number of benzene rings is 1. The minimum Gasteiger partial charge on any atom is -0.379 e. The van der Waals surface area contributed by atoms with Crippen LogP contribution in [-0.2, 0) is 13.1 Å². The first-order valence-corrected chi connectivity index (χ1v) is 11.5. The molecular formula is C22H28FN5S2. The topological polar surface area (TPSA) is 53.1 Å². The summed E-state index contributed by atoms with van der Waals surface area (Å²) in [6.45, 7) is 9.51. The molecule has 0 saturated heterocycles. The van der Waals surface area contributed by atoms with Gasteiger partial charge in [-0.05, 0) is 58.5 Å². The second kappa shape index (κ2) is 9.76. The molecule has 0 aliphatic rings.